The van der Waals surface area contributed by atoms with E-state index in [1.807, 2.05) is 0 Å². The van der Waals surface area contributed by atoms with Crippen molar-refractivity contribution >= 4 is 0 Å². The van der Waals surface area contributed by atoms with Crippen LogP contribution in [0.5, 0.6) is 0 Å². The minimum Gasteiger partial charge on any atom is -0.207 e. The monoisotopic (exact) mass is 198 g/mol. The predicted molar refractivity (Wildman–Crippen MR) is 21.3 cm³/mol. The molecule has 12 heavy (non-hydrogen) atoms. The van der Waals surface area contributed by atoms with Crippen LogP contribution in [0.15, 0.2) is 0 Å². The molecule has 0 aromatic carbocycles. The van der Waals surface area contributed by atoms with Crippen LogP contribution in [0, 0.1) is 0 Å². The fourth-order valence-corrected chi connectivity index (χ4v) is 0.132. The van der Waals surface area contributed by atoms with Gasteiger partial charge in [-0.2, -0.15) is 22.0 Å². The molecule has 0 radical (unpaired) electrons. The van der Waals surface area contributed by atoms with Crippen LogP contribution in [0.25, 0.3) is 0 Å². The zero-order valence-corrected chi connectivity index (χ0v) is 5.52. The van der Waals surface area contributed by atoms with Crippen LogP contribution in [0.3, 0.4) is 0 Å². The molecule has 0 aliphatic heterocycles. The number of rotatable bonds is 4. The van der Waals surface area contributed by atoms with Gasteiger partial charge in [-0.3, -0.25) is 0 Å². The van der Waals surface area contributed by atoms with Crippen LogP contribution in [0.2, 0.25) is 0 Å². The Hall–Kier alpha value is -0.510. The second-order valence-electron chi connectivity index (χ2n) is 1.40. The molecule has 0 atom stereocenters. The van der Waals surface area contributed by atoms with Gasteiger partial charge in [0, 0.05) is 0 Å². The van der Waals surface area contributed by atoms with Crippen molar-refractivity contribution in [3.05, 3.63) is 0 Å². The Labute approximate surface area is 62.5 Å². The summed E-state index contributed by atoms with van der Waals surface area (Å²) in [6, 6.07) is 0. The molecular formula is C3H3F5O4. The van der Waals surface area contributed by atoms with Gasteiger partial charge in [0.1, 0.15) is 0 Å². The highest BCUT2D eigenvalue weighted by Crippen LogP contribution is 2.36. The summed E-state index contributed by atoms with van der Waals surface area (Å²) < 4.78 is 56.9. The van der Waals surface area contributed by atoms with Gasteiger partial charge in [-0.15, -0.1) is 4.89 Å². The largest absolute Gasteiger partial charge is 0.485 e. The number of alkyl halides is 5. The number of halogens is 5. The number of hydrogen-bond acceptors (Lipinski definition) is 4. The van der Waals surface area contributed by atoms with Crippen molar-refractivity contribution in [3.63, 3.8) is 0 Å². The van der Waals surface area contributed by atoms with E-state index < -0.39 is 12.3 Å². The summed E-state index contributed by atoms with van der Waals surface area (Å²) >= 11 is 0. The van der Waals surface area contributed by atoms with Gasteiger partial charge >= 0.3 is 12.3 Å². The molecule has 0 unspecified atom stereocenters. The van der Waals surface area contributed by atoms with Gasteiger partial charge in [0.2, 0.25) is 0 Å². The van der Waals surface area contributed by atoms with Crippen LogP contribution >= 0.6 is 0 Å². The van der Waals surface area contributed by atoms with Crippen LogP contribution in [-0.4, -0.2) is 19.4 Å². The Morgan fingerprint density at radius 3 is 1.75 bits per heavy atom. The van der Waals surface area contributed by atoms with E-state index >= 15 is 0 Å². The second-order valence-corrected chi connectivity index (χ2v) is 1.40. The predicted octanol–water partition coefficient (Wildman–Crippen LogP) is 1.58. The first-order chi connectivity index (χ1) is 5.31. The van der Waals surface area contributed by atoms with E-state index in [4.69, 9.17) is 0 Å². The first-order valence-corrected chi connectivity index (χ1v) is 2.31. The molecule has 4 nitrogen and oxygen atoms in total. The second kappa shape index (κ2) is 3.94. The van der Waals surface area contributed by atoms with Gasteiger partial charge in [0.15, 0.2) is 0 Å². The van der Waals surface area contributed by atoms with Crippen molar-refractivity contribution in [3.8, 4) is 0 Å². The van der Waals surface area contributed by atoms with E-state index in [2.05, 4.69) is 19.9 Å². The lowest BCUT2D eigenvalue weighted by Crippen LogP contribution is -2.39. The van der Waals surface area contributed by atoms with Gasteiger partial charge in [0.25, 0.3) is 0 Å². The Balaban J connectivity index is 3.88. The molecule has 0 aromatic rings. The highest BCUT2D eigenvalue weighted by Gasteiger charge is 2.61. The molecule has 0 rings (SSSR count). The summed E-state index contributed by atoms with van der Waals surface area (Å²) in [5.74, 6) is 0. The van der Waals surface area contributed by atoms with Gasteiger partial charge in [0.05, 0.1) is 7.11 Å². The van der Waals surface area contributed by atoms with Gasteiger partial charge in [-0.25, -0.2) is 4.89 Å². The van der Waals surface area contributed by atoms with Crippen molar-refractivity contribution in [1.82, 2.24) is 0 Å². The molecule has 0 aliphatic rings. The molecule has 0 spiro atoms. The summed E-state index contributed by atoms with van der Waals surface area (Å²) in [5, 5.41) is 6.04. The van der Waals surface area contributed by atoms with Crippen LogP contribution in [0.1, 0.15) is 0 Å². The molecule has 0 fully saturated rings. The van der Waals surface area contributed by atoms with Crippen molar-refractivity contribution in [2.75, 3.05) is 7.11 Å². The van der Waals surface area contributed by atoms with Crippen molar-refractivity contribution < 1.29 is 41.8 Å². The molecule has 0 aromatic heterocycles. The Morgan fingerprint density at radius 2 is 1.42 bits per heavy atom. The molecule has 9 heteroatoms. The Morgan fingerprint density at radius 1 is 0.917 bits per heavy atom. The van der Waals surface area contributed by atoms with Crippen molar-refractivity contribution in [1.29, 1.82) is 0 Å². The first-order valence-electron chi connectivity index (χ1n) is 2.31. The van der Waals surface area contributed by atoms with E-state index in [-0.39, 0.29) is 0 Å². The van der Waals surface area contributed by atoms with E-state index in [1.54, 1.807) is 0 Å². The molecule has 0 aliphatic carbocycles. The topological polar surface area (TPSA) is 36.9 Å². The van der Waals surface area contributed by atoms with Crippen molar-refractivity contribution in [2.45, 2.75) is 12.3 Å². The van der Waals surface area contributed by atoms with E-state index in [9.17, 15) is 22.0 Å². The third-order valence-corrected chi connectivity index (χ3v) is 0.565. The molecule has 0 heterocycles. The lowest BCUT2D eigenvalue weighted by molar-refractivity contribution is -0.679. The van der Waals surface area contributed by atoms with Crippen LogP contribution in [0.4, 0.5) is 22.0 Å². The average molecular weight is 198 g/mol. The fraction of sp³-hybridized carbons (Fsp3) is 1.00. The summed E-state index contributed by atoms with van der Waals surface area (Å²) in [5.41, 5.74) is 0. The quantitative estimate of drug-likeness (QED) is 0.297. The van der Waals surface area contributed by atoms with Gasteiger partial charge in [-0.05, 0) is 10.1 Å². The molecular weight excluding hydrogens is 195 g/mol. The van der Waals surface area contributed by atoms with E-state index in [1.165, 1.54) is 0 Å². The lowest BCUT2D eigenvalue weighted by Gasteiger charge is -2.15. The first kappa shape index (κ1) is 11.5. The van der Waals surface area contributed by atoms with E-state index in [0.29, 0.717) is 0 Å². The SMILES string of the molecule is COOOOC(F)(F)C(F)(F)F. The third kappa shape index (κ3) is 3.26. The fourth-order valence-electron chi connectivity index (χ4n) is 0.132. The molecule has 0 saturated carbocycles. The highest BCUT2D eigenvalue weighted by atomic mass is 19.4. The summed E-state index contributed by atoms with van der Waals surface area (Å²) in [4.78, 5) is 6.03. The maximum atomic E-state index is 11.6. The normalized spacial score (nSPS) is 13.5. The summed E-state index contributed by atoms with van der Waals surface area (Å²) in [6.45, 7) is 0. The third-order valence-electron chi connectivity index (χ3n) is 0.565. The average Bonchev–Trinajstić information content (AvgIpc) is 1.85. The minimum absolute atomic E-state index is 0.815. The van der Waals surface area contributed by atoms with E-state index in [0.717, 1.165) is 7.11 Å². The number of hydrogen-bond donors (Lipinski definition) is 0. The van der Waals surface area contributed by atoms with Crippen molar-refractivity contribution in [2.24, 2.45) is 0 Å². The van der Waals surface area contributed by atoms with Gasteiger partial charge in [-0.1, -0.05) is 0 Å². The minimum atomic E-state index is -5.87. The Kier molecular flexibility index (Phi) is 3.77. The molecule has 0 bridgehead atoms. The maximum absolute atomic E-state index is 11.6. The Bertz CT molecular complexity index is 133. The zero-order chi connectivity index (χ0) is 9.83. The standard InChI is InChI=1S/C3H3F5O4/c1-9-11-12-10-3(7,8)2(4,5)6/h1H3. The molecule has 0 saturated heterocycles. The molecule has 74 valence electrons. The summed E-state index contributed by atoms with van der Waals surface area (Å²) in [6.07, 6.45) is -11.3. The van der Waals surface area contributed by atoms with Crippen LogP contribution in [-0.2, 0) is 19.9 Å². The molecule has 0 N–H and O–H groups in total. The maximum Gasteiger partial charge on any atom is 0.485 e. The molecule has 0 amide bonds. The van der Waals surface area contributed by atoms with Gasteiger partial charge < -0.3 is 0 Å². The zero-order valence-electron chi connectivity index (χ0n) is 5.52. The lowest BCUT2D eigenvalue weighted by atomic mass is 10.6. The highest BCUT2D eigenvalue weighted by molar-refractivity contribution is 4.61. The van der Waals surface area contributed by atoms with Crippen LogP contribution < -0.4 is 0 Å². The summed E-state index contributed by atoms with van der Waals surface area (Å²) in [7, 11) is 0.815. The smallest absolute Gasteiger partial charge is 0.207 e.